The number of hydrogen-bond acceptors (Lipinski definition) is 3. The van der Waals surface area contributed by atoms with Crippen LogP contribution in [0.3, 0.4) is 0 Å². The first kappa shape index (κ1) is 11.1. The Balaban J connectivity index is 2.27. The molecule has 0 N–H and O–H groups in total. The fourth-order valence-corrected chi connectivity index (χ4v) is 2.38. The van der Waals surface area contributed by atoms with Gasteiger partial charge in [-0.1, -0.05) is 0 Å². The molecule has 0 saturated heterocycles. The molecular formula is C13H15NOS. The van der Waals surface area contributed by atoms with E-state index >= 15 is 0 Å². The molecule has 0 spiro atoms. The Morgan fingerprint density at radius 1 is 1.19 bits per heavy atom. The minimum Gasteiger partial charge on any atom is -0.494 e. The van der Waals surface area contributed by atoms with Gasteiger partial charge in [-0.05, 0) is 45.0 Å². The predicted molar refractivity (Wildman–Crippen MR) is 68.2 cm³/mol. The zero-order valence-electron chi connectivity index (χ0n) is 9.78. The van der Waals surface area contributed by atoms with Gasteiger partial charge in [-0.3, -0.25) is 0 Å². The number of ether oxygens (including phenoxy) is 1. The molecule has 0 aliphatic heterocycles. The molecule has 0 amide bonds. The summed E-state index contributed by atoms with van der Waals surface area (Å²) in [7, 11) is 0. The Morgan fingerprint density at radius 3 is 2.38 bits per heavy atom. The van der Waals surface area contributed by atoms with E-state index in [4.69, 9.17) is 4.74 Å². The van der Waals surface area contributed by atoms with Crippen LogP contribution in [-0.4, -0.2) is 11.6 Å². The van der Waals surface area contributed by atoms with Gasteiger partial charge in [0.15, 0.2) is 0 Å². The van der Waals surface area contributed by atoms with Crippen LogP contribution in [0.2, 0.25) is 0 Å². The smallest absolute Gasteiger partial charge is 0.123 e. The Labute approximate surface area is 99.9 Å². The van der Waals surface area contributed by atoms with Crippen LogP contribution in [-0.2, 0) is 0 Å². The number of rotatable bonds is 3. The van der Waals surface area contributed by atoms with Gasteiger partial charge >= 0.3 is 0 Å². The van der Waals surface area contributed by atoms with Crippen LogP contribution < -0.4 is 4.74 Å². The fraction of sp³-hybridized carbons (Fsp3) is 0.308. The lowest BCUT2D eigenvalue weighted by Gasteiger charge is -2.02. The van der Waals surface area contributed by atoms with E-state index in [0.29, 0.717) is 6.61 Å². The number of aromatic nitrogens is 1. The summed E-state index contributed by atoms with van der Waals surface area (Å²) in [6.07, 6.45) is 0. The molecule has 0 atom stereocenters. The summed E-state index contributed by atoms with van der Waals surface area (Å²) in [5, 5.41) is 1.08. The molecule has 16 heavy (non-hydrogen) atoms. The van der Waals surface area contributed by atoms with E-state index < -0.39 is 0 Å². The summed E-state index contributed by atoms with van der Waals surface area (Å²) in [6.45, 7) is 6.84. The van der Waals surface area contributed by atoms with Crippen molar-refractivity contribution in [1.82, 2.24) is 4.98 Å². The molecule has 0 aliphatic rings. The molecule has 3 heteroatoms. The minimum atomic E-state index is 0.703. The second-order valence-electron chi connectivity index (χ2n) is 3.62. The van der Waals surface area contributed by atoms with Crippen molar-refractivity contribution in [3.05, 3.63) is 34.8 Å². The van der Waals surface area contributed by atoms with Crippen molar-refractivity contribution in [2.45, 2.75) is 20.8 Å². The van der Waals surface area contributed by atoms with Gasteiger partial charge in [0.1, 0.15) is 10.8 Å². The molecule has 0 radical (unpaired) electrons. The highest BCUT2D eigenvalue weighted by atomic mass is 32.1. The molecule has 1 heterocycles. The largest absolute Gasteiger partial charge is 0.494 e. The van der Waals surface area contributed by atoms with Crippen molar-refractivity contribution in [2.24, 2.45) is 0 Å². The molecule has 2 rings (SSSR count). The van der Waals surface area contributed by atoms with Crippen LogP contribution in [0.25, 0.3) is 10.6 Å². The quantitative estimate of drug-likeness (QED) is 0.804. The number of hydrogen-bond donors (Lipinski definition) is 0. The first-order chi connectivity index (χ1) is 7.70. The molecule has 84 valence electrons. The average Bonchev–Trinajstić information content (AvgIpc) is 2.61. The summed E-state index contributed by atoms with van der Waals surface area (Å²) in [4.78, 5) is 5.82. The van der Waals surface area contributed by atoms with E-state index in [1.807, 2.05) is 26.0 Å². The molecule has 1 aromatic carbocycles. The minimum absolute atomic E-state index is 0.703. The van der Waals surface area contributed by atoms with Crippen LogP contribution in [0.5, 0.6) is 5.75 Å². The third kappa shape index (κ3) is 2.25. The molecule has 2 nitrogen and oxygen atoms in total. The first-order valence-corrected chi connectivity index (χ1v) is 6.19. The first-order valence-electron chi connectivity index (χ1n) is 5.38. The molecule has 1 aromatic heterocycles. The number of aryl methyl sites for hydroxylation is 2. The summed E-state index contributed by atoms with van der Waals surface area (Å²) in [5.41, 5.74) is 2.28. The standard InChI is InChI=1S/C13H15NOS/c1-4-15-12-7-5-11(6-8-12)13-14-9(2)10(3)16-13/h5-8H,4H2,1-3H3. The summed E-state index contributed by atoms with van der Waals surface area (Å²) >= 11 is 1.73. The fourth-order valence-electron chi connectivity index (χ4n) is 1.46. The van der Waals surface area contributed by atoms with Crippen LogP contribution in [0.1, 0.15) is 17.5 Å². The van der Waals surface area contributed by atoms with Crippen LogP contribution >= 0.6 is 11.3 Å². The highest BCUT2D eigenvalue weighted by molar-refractivity contribution is 7.15. The van der Waals surface area contributed by atoms with Crippen molar-refractivity contribution >= 4 is 11.3 Å². The van der Waals surface area contributed by atoms with Gasteiger partial charge in [0.25, 0.3) is 0 Å². The van der Waals surface area contributed by atoms with Gasteiger partial charge in [-0.15, -0.1) is 11.3 Å². The van der Waals surface area contributed by atoms with E-state index in [0.717, 1.165) is 22.0 Å². The second-order valence-corrected chi connectivity index (χ2v) is 4.82. The summed E-state index contributed by atoms with van der Waals surface area (Å²) in [6, 6.07) is 8.10. The van der Waals surface area contributed by atoms with Gasteiger partial charge in [-0.25, -0.2) is 4.98 Å². The maximum Gasteiger partial charge on any atom is 0.123 e. The summed E-state index contributed by atoms with van der Waals surface area (Å²) < 4.78 is 5.41. The zero-order chi connectivity index (χ0) is 11.5. The normalized spacial score (nSPS) is 10.4. The third-order valence-electron chi connectivity index (χ3n) is 2.44. The van der Waals surface area contributed by atoms with Crippen molar-refractivity contribution < 1.29 is 4.74 Å². The monoisotopic (exact) mass is 233 g/mol. The van der Waals surface area contributed by atoms with Crippen molar-refractivity contribution in [3.8, 4) is 16.3 Å². The molecule has 0 fully saturated rings. The van der Waals surface area contributed by atoms with Gasteiger partial charge in [0.2, 0.25) is 0 Å². The van der Waals surface area contributed by atoms with E-state index in [1.54, 1.807) is 11.3 Å². The summed E-state index contributed by atoms with van der Waals surface area (Å²) in [5.74, 6) is 0.913. The van der Waals surface area contributed by atoms with Gasteiger partial charge < -0.3 is 4.74 Å². The zero-order valence-corrected chi connectivity index (χ0v) is 10.6. The van der Waals surface area contributed by atoms with E-state index in [1.165, 1.54) is 4.88 Å². The van der Waals surface area contributed by atoms with Crippen LogP contribution in [0.15, 0.2) is 24.3 Å². The van der Waals surface area contributed by atoms with Crippen molar-refractivity contribution in [2.75, 3.05) is 6.61 Å². The lowest BCUT2D eigenvalue weighted by molar-refractivity contribution is 0.340. The SMILES string of the molecule is CCOc1ccc(-c2nc(C)c(C)s2)cc1. The number of nitrogens with zero attached hydrogens (tertiary/aromatic N) is 1. The molecule has 0 aliphatic carbocycles. The third-order valence-corrected chi connectivity index (χ3v) is 3.56. The number of benzene rings is 1. The second kappa shape index (κ2) is 4.66. The lowest BCUT2D eigenvalue weighted by atomic mass is 10.2. The Bertz CT molecular complexity index is 454. The molecule has 0 saturated carbocycles. The van der Waals surface area contributed by atoms with E-state index in [2.05, 4.69) is 24.0 Å². The number of thiazole rings is 1. The van der Waals surface area contributed by atoms with Crippen LogP contribution in [0, 0.1) is 13.8 Å². The van der Waals surface area contributed by atoms with Crippen molar-refractivity contribution in [1.29, 1.82) is 0 Å². The Hall–Kier alpha value is -1.35. The van der Waals surface area contributed by atoms with Crippen LogP contribution in [0.4, 0.5) is 0 Å². The molecule has 2 aromatic rings. The molecular weight excluding hydrogens is 218 g/mol. The van der Waals surface area contributed by atoms with E-state index in [9.17, 15) is 0 Å². The van der Waals surface area contributed by atoms with Gasteiger partial charge in [0.05, 0.1) is 12.3 Å². The Morgan fingerprint density at radius 2 is 1.88 bits per heavy atom. The molecule has 0 unspecified atom stereocenters. The molecule has 0 bridgehead atoms. The predicted octanol–water partition coefficient (Wildman–Crippen LogP) is 3.83. The Kier molecular flexibility index (Phi) is 3.25. The van der Waals surface area contributed by atoms with Gasteiger partial charge in [0, 0.05) is 10.4 Å². The maximum atomic E-state index is 5.41. The lowest BCUT2D eigenvalue weighted by Crippen LogP contribution is -1.90. The average molecular weight is 233 g/mol. The topological polar surface area (TPSA) is 22.1 Å². The highest BCUT2D eigenvalue weighted by Gasteiger charge is 2.05. The van der Waals surface area contributed by atoms with Crippen molar-refractivity contribution in [3.63, 3.8) is 0 Å². The maximum absolute atomic E-state index is 5.41. The highest BCUT2D eigenvalue weighted by Crippen LogP contribution is 2.28. The van der Waals surface area contributed by atoms with Gasteiger partial charge in [-0.2, -0.15) is 0 Å². The van der Waals surface area contributed by atoms with E-state index in [-0.39, 0.29) is 0 Å².